The lowest BCUT2D eigenvalue weighted by Gasteiger charge is -2.17. The summed E-state index contributed by atoms with van der Waals surface area (Å²) in [5, 5.41) is 7.84. The van der Waals surface area contributed by atoms with Gasteiger partial charge in [0.1, 0.15) is 5.82 Å². The van der Waals surface area contributed by atoms with E-state index in [2.05, 4.69) is 30.3 Å². The van der Waals surface area contributed by atoms with Gasteiger partial charge in [0.25, 0.3) is 0 Å². The highest BCUT2D eigenvalue weighted by atomic mass is 19.1. The van der Waals surface area contributed by atoms with Gasteiger partial charge < -0.3 is 5.32 Å². The molecule has 102 valence electrons. The van der Waals surface area contributed by atoms with Crippen LogP contribution >= 0.6 is 0 Å². The fourth-order valence-corrected chi connectivity index (χ4v) is 2.29. The summed E-state index contributed by atoms with van der Waals surface area (Å²) in [6, 6.07) is 8.77. The summed E-state index contributed by atoms with van der Waals surface area (Å²) in [5.41, 5.74) is 3.24. The van der Waals surface area contributed by atoms with Gasteiger partial charge in [-0.15, -0.1) is 0 Å². The molecule has 1 heterocycles. The van der Waals surface area contributed by atoms with E-state index >= 15 is 0 Å². The third kappa shape index (κ3) is 2.84. The van der Waals surface area contributed by atoms with Crippen molar-refractivity contribution < 1.29 is 4.39 Å². The number of halogens is 1. The standard InChI is InChI=1S/C15H20FN3/c1-4-13-10-14(19(5-2)18-13)15(17-3)11-6-8-12(16)9-7-11/h6-10,15,17H,4-5H2,1-3H3. The number of aromatic nitrogens is 2. The lowest BCUT2D eigenvalue weighted by Crippen LogP contribution is -2.21. The number of rotatable bonds is 5. The maximum absolute atomic E-state index is 13.0. The van der Waals surface area contributed by atoms with E-state index in [9.17, 15) is 4.39 Å². The average Bonchev–Trinajstić information content (AvgIpc) is 2.85. The van der Waals surface area contributed by atoms with Gasteiger partial charge in [-0.1, -0.05) is 19.1 Å². The highest BCUT2D eigenvalue weighted by Crippen LogP contribution is 2.23. The molecule has 0 saturated heterocycles. The zero-order valence-corrected chi connectivity index (χ0v) is 11.7. The van der Waals surface area contributed by atoms with Crippen LogP contribution in [0.1, 0.15) is 36.8 Å². The van der Waals surface area contributed by atoms with Crippen LogP contribution in [0.15, 0.2) is 30.3 Å². The Balaban J connectivity index is 2.41. The first-order valence-corrected chi connectivity index (χ1v) is 6.68. The molecule has 0 aliphatic rings. The SMILES string of the molecule is CCc1cc(C(NC)c2ccc(F)cc2)n(CC)n1. The molecule has 2 aromatic rings. The van der Waals surface area contributed by atoms with E-state index in [4.69, 9.17) is 0 Å². The second-order valence-corrected chi connectivity index (χ2v) is 4.50. The second kappa shape index (κ2) is 5.97. The van der Waals surface area contributed by atoms with Gasteiger partial charge in [0.05, 0.1) is 17.4 Å². The van der Waals surface area contributed by atoms with Crippen LogP contribution in [0.3, 0.4) is 0 Å². The van der Waals surface area contributed by atoms with E-state index in [1.165, 1.54) is 12.1 Å². The second-order valence-electron chi connectivity index (χ2n) is 4.50. The first-order chi connectivity index (χ1) is 9.19. The molecule has 3 nitrogen and oxygen atoms in total. The van der Waals surface area contributed by atoms with Crippen molar-refractivity contribution in [3.63, 3.8) is 0 Å². The van der Waals surface area contributed by atoms with Crippen LogP contribution in [-0.2, 0) is 13.0 Å². The fourth-order valence-electron chi connectivity index (χ4n) is 2.29. The predicted molar refractivity (Wildman–Crippen MR) is 74.6 cm³/mol. The molecule has 2 rings (SSSR count). The number of nitrogens with zero attached hydrogens (tertiary/aromatic N) is 2. The van der Waals surface area contributed by atoms with Crippen LogP contribution in [0.4, 0.5) is 4.39 Å². The topological polar surface area (TPSA) is 29.9 Å². The average molecular weight is 261 g/mol. The van der Waals surface area contributed by atoms with Gasteiger partial charge in [-0.3, -0.25) is 4.68 Å². The Kier molecular flexibility index (Phi) is 4.32. The highest BCUT2D eigenvalue weighted by Gasteiger charge is 2.17. The van der Waals surface area contributed by atoms with Crippen molar-refractivity contribution in [1.82, 2.24) is 15.1 Å². The van der Waals surface area contributed by atoms with Crippen molar-refractivity contribution >= 4 is 0 Å². The number of benzene rings is 1. The minimum absolute atomic E-state index is 0.0355. The Morgan fingerprint density at radius 2 is 1.95 bits per heavy atom. The van der Waals surface area contributed by atoms with Gasteiger partial charge in [0, 0.05) is 6.54 Å². The molecule has 4 heteroatoms. The Hall–Kier alpha value is -1.68. The zero-order chi connectivity index (χ0) is 13.8. The zero-order valence-electron chi connectivity index (χ0n) is 11.7. The minimum Gasteiger partial charge on any atom is -0.308 e. The lowest BCUT2D eigenvalue weighted by molar-refractivity contribution is 0.558. The summed E-state index contributed by atoms with van der Waals surface area (Å²) in [6.07, 6.45) is 0.917. The molecule has 0 bridgehead atoms. The molecule has 0 spiro atoms. The molecule has 0 amide bonds. The summed E-state index contributed by atoms with van der Waals surface area (Å²) in [5.74, 6) is -0.211. The Morgan fingerprint density at radius 1 is 1.26 bits per heavy atom. The highest BCUT2D eigenvalue weighted by molar-refractivity contribution is 5.29. The van der Waals surface area contributed by atoms with Crippen LogP contribution in [0, 0.1) is 5.82 Å². The molecule has 0 fully saturated rings. The molecule has 0 aliphatic carbocycles. The molecule has 0 aliphatic heterocycles. The van der Waals surface area contributed by atoms with E-state index in [0.717, 1.165) is 29.9 Å². The van der Waals surface area contributed by atoms with E-state index < -0.39 is 0 Å². The molecule has 1 unspecified atom stereocenters. The van der Waals surface area contributed by atoms with E-state index in [0.29, 0.717) is 0 Å². The fraction of sp³-hybridized carbons (Fsp3) is 0.400. The summed E-state index contributed by atoms with van der Waals surface area (Å²) >= 11 is 0. The van der Waals surface area contributed by atoms with Crippen molar-refractivity contribution in [1.29, 1.82) is 0 Å². The first kappa shape index (κ1) is 13.7. The molecule has 19 heavy (non-hydrogen) atoms. The molecule has 1 aromatic heterocycles. The third-order valence-electron chi connectivity index (χ3n) is 3.31. The van der Waals surface area contributed by atoms with Gasteiger partial charge in [-0.05, 0) is 44.2 Å². The molecule has 0 radical (unpaired) electrons. The van der Waals surface area contributed by atoms with Crippen LogP contribution in [0.25, 0.3) is 0 Å². The van der Waals surface area contributed by atoms with Crippen LogP contribution in [0.5, 0.6) is 0 Å². The van der Waals surface area contributed by atoms with E-state index in [-0.39, 0.29) is 11.9 Å². The quantitative estimate of drug-likeness (QED) is 0.897. The predicted octanol–water partition coefficient (Wildman–Crippen LogP) is 2.91. The van der Waals surface area contributed by atoms with Crippen LogP contribution < -0.4 is 5.32 Å². The Bertz CT molecular complexity index is 531. The maximum atomic E-state index is 13.0. The number of hydrogen-bond donors (Lipinski definition) is 1. The normalized spacial score (nSPS) is 12.6. The van der Waals surface area contributed by atoms with Gasteiger partial charge in [-0.2, -0.15) is 5.10 Å². The smallest absolute Gasteiger partial charge is 0.123 e. The van der Waals surface area contributed by atoms with Crippen molar-refractivity contribution in [2.75, 3.05) is 7.05 Å². The number of hydrogen-bond acceptors (Lipinski definition) is 2. The Morgan fingerprint density at radius 3 is 2.47 bits per heavy atom. The Labute approximate surface area is 113 Å². The number of aryl methyl sites for hydroxylation is 2. The van der Waals surface area contributed by atoms with Crippen molar-refractivity contribution in [3.8, 4) is 0 Å². The minimum atomic E-state index is -0.211. The summed E-state index contributed by atoms with van der Waals surface area (Å²) in [6.45, 7) is 5.00. The van der Waals surface area contributed by atoms with Gasteiger partial charge >= 0.3 is 0 Å². The molecule has 0 saturated carbocycles. The van der Waals surface area contributed by atoms with Crippen LogP contribution in [0.2, 0.25) is 0 Å². The molecule has 1 N–H and O–H groups in total. The van der Waals surface area contributed by atoms with Gasteiger partial charge in [-0.25, -0.2) is 4.39 Å². The third-order valence-corrected chi connectivity index (χ3v) is 3.31. The summed E-state index contributed by atoms with van der Waals surface area (Å²) in [7, 11) is 1.91. The monoisotopic (exact) mass is 261 g/mol. The molecular weight excluding hydrogens is 241 g/mol. The van der Waals surface area contributed by atoms with E-state index in [1.54, 1.807) is 0 Å². The first-order valence-electron chi connectivity index (χ1n) is 6.68. The van der Waals surface area contributed by atoms with Crippen molar-refractivity contribution in [3.05, 3.63) is 53.1 Å². The number of nitrogens with one attached hydrogen (secondary N) is 1. The van der Waals surface area contributed by atoms with Gasteiger partial charge in [0.2, 0.25) is 0 Å². The summed E-state index contributed by atoms with van der Waals surface area (Å²) < 4.78 is 15.0. The maximum Gasteiger partial charge on any atom is 0.123 e. The van der Waals surface area contributed by atoms with E-state index in [1.807, 2.05) is 23.9 Å². The van der Waals surface area contributed by atoms with Crippen molar-refractivity contribution in [2.24, 2.45) is 0 Å². The van der Waals surface area contributed by atoms with Gasteiger partial charge in [0.15, 0.2) is 0 Å². The molecular formula is C15H20FN3. The largest absolute Gasteiger partial charge is 0.308 e. The van der Waals surface area contributed by atoms with Crippen molar-refractivity contribution in [2.45, 2.75) is 32.9 Å². The molecule has 1 aromatic carbocycles. The molecule has 1 atom stereocenters. The van der Waals surface area contributed by atoms with Crippen LogP contribution in [-0.4, -0.2) is 16.8 Å². The lowest BCUT2D eigenvalue weighted by atomic mass is 10.0. The summed E-state index contributed by atoms with van der Waals surface area (Å²) in [4.78, 5) is 0.